The highest BCUT2D eigenvalue weighted by Gasteiger charge is 2.27. The molecule has 0 saturated carbocycles. The predicted octanol–water partition coefficient (Wildman–Crippen LogP) is 4.20. The van der Waals surface area contributed by atoms with Gasteiger partial charge in [0.25, 0.3) is 11.5 Å². The highest BCUT2D eigenvalue weighted by molar-refractivity contribution is 9.13. The third-order valence-electron chi connectivity index (χ3n) is 4.25. The van der Waals surface area contributed by atoms with Crippen LogP contribution in [0.2, 0.25) is 0 Å². The van der Waals surface area contributed by atoms with Gasteiger partial charge in [-0.15, -0.1) is 11.3 Å². The van der Waals surface area contributed by atoms with E-state index in [0.29, 0.717) is 30.3 Å². The molecule has 0 unspecified atom stereocenters. The van der Waals surface area contributed by atoms with Crippen LogP contribution in [0, 0.1) is 5.92 Å². The Morgan fingerprint density at radius 2 is 2.04 bits per heavy atom. The van der Waals surface area contributed by atoms with Crippen LogP contribution in [0.15, 0.2) is 23.9 Å². The highest BCUT2D eigenvalue weighted by Crippen LogP contribution is 2.34. The summed E-state index contributed by atoms with van der Waals surface area (Å²) in [5.41, 5.74) is 5.04. The number of nitrogens with two attached hydrogens (primary N) is 1. The van der Waals surface area contributed by atoms with Crippen LogP contribution in [0.5, 0.6) is 0 Å². The zero-order chi connectivity index (χ0) is 21.0. The first kappa shape index (κ1) is 22.9. The van der Waals surface area contributed by atoms with E-state index < -0.39 is 11.2 Å². The normalized spacial score (nSPS) is 11.2. The van der Waals surface area contributed by atoms with Crippen molar-refractivity contribution < 1.29 is 4.79 Å². The molecule has 0 spiro atoms. The fourth-order valence-corrected chi connectivity index (χ4v) is 4.65. The van der Waals surface area contributed by atoms with Crippen LogP contribution in [-0.2, 0) is 6.54 Å². The number of hydrogen-bond donors (Lipinski definition) is 2. The van der Waals surface area contributed by atoms with Gasteiger partial charge in [0.1, 0.15) is 5.82 Å². The molecule has 0 saturated heterocycles. The number of carbonyl (C=O) groups excluding carboxylic acids is 1. The van der Waals surface area contributed by atoms with Crippen LogP contribution >= 0.6 is 43.2 Å². The molecule has 2 aromatic heterocycles. The average Bonchev–Trinajstić information content (AvgIpc) is 2.95. The summed E-state index contributed by atoms with van der Waals surface area (Å²) in [6.07, 6.45) is 2.29. The Labute approximate surface area is 184 Å². The fourth-order valence-electron chi connectivity index (χ4n) is 2.66. The molecule has 0 aliphatic rings. The number of amides is 1. The maximum atomic E-state index is 13.2. The number of thiophene rings is 1. The largest absolute Gasteiger partial charge is 0.383 e. The van der Waals surface area contributed by atoms with E-state index in [4.69, 9.17) is 5.73 Å². The molecule has 0 atom stereocenters. The summed E-state index contributed by atoms with van der Waals surface area (Å²) in [4.78, 5) is 42.2. The molecule has 28 heavy (non-hydrogen) atoms. The minimum absolute atomic E-state index is 0.0222. The minimum atomic E-state index is -0.651. The van der Waals surface area contributed by atoms with Crippen LogP contribution in [0.1, 0.15) is 49.7 Å². The van der Waals surface area contributed by atoms with Gasteiger partial charge in [0, 0.05) is 17.6 Å². The van der Waals surface area contributed by atoms with Crippen LogP contribution in [-0.4, -0.2) is 22.0 Å². The van der Waals surface area contributed by atoms with Crippen molar-refractivity contribution in [3.05, 3.63) is 40.0 Å². The van der Waals surface area contributed by atoms with Crippen molar-refractivity contribution in [2.24, 2.45) is 5.92 Å². The molecule has 2 aromatic rings. The van der Waals surface area contributed by atoms with E-state index in [-0.39, 0.29) is 17.4 Å². The average molecular weight is 536 g/mol. The summed E-state index contributed by atoms with van der Waals surface area (Å²) >= 11 is 8.05. The summed E-state index contributed by atoms with van der Waals surface area (Å²) in [6, 6.07) is 1.71. The van der Waals surface area contributed by atoms with Crippen molar-refractivity contribution >= 4 is 60.6 Å². The summed E-state index contributed by atoms with van der Waals surface area (Å²) in [5.74, 6) is 0.0207. The van der Waals surface area contributed by atoms with Crippen molar-refractivity contribution in [1.82, 2.24) is 9.55 Å². The fraction of sp³-hybridized carbons (Fsp3) is 0.500. The van der Waals surface area contributed by atoms with Crippen molar-refractivity contribution in [3.8, 4) is 0 Å². The number of aromatic nitrogens is 2. The number of aromatic amines is 1. The quantitative estimate of drug-likeness (QED) is 0.529. The van der Waals surface area contributed by atoms with E-state index in [1.807, 2.05) is 20.8 Å². The van der Waals surface area contributed by atoms with Gasteiger partial charge in [-0.2, -0.15) is 0 Å². The van der Waals surface area contributed by atoms with Gasteiger partial charge in [-0.1, -0.05) is 27.2 Å². The SMILES string of the molecule is CCCCn1c(N)c(N(CCC(C)C)C(=O)c2cc(Br)c(Br)s2)c(=O)[nH]c1=O. The van der Waals surface area contributed by atoms with Crippen LogP contribution in [0.25, 0.3) is 0 Å². The molecule has 0 aliphatic heterocycles. The molecule has 0 fully saturated rings. The van der Waals surface area contributed by atoms with Gasteiger partial charge in [0.2, 0.25) is 0 Å². The van der Waals surface area contributed by atoms with E-state index >= 15 is 0 Å². The lowest BCUT2D eigenvalue weighted by atomic mass is 10.1. The second kappa shape index (κ2) is 9.89. The Hall–Kier alpha value is -1.39. The van der Waals surface area contributed by atoms with E-state index in [9.17, 15) is 14.4 Å². The lowest BCUT2D eigenvalue weighted by Gasteiger charge is -2.24. The number of carbonyl (C=O) groups is 1. The molecular weight excluding hydrogens is 512 g/mol. The van der Waals surface area contributed by atoms with Crippen molar-refractivity contribution in [3.63, 3.8) is 0 Å². The first-order chi connectivity index (χ1) is 13.2. The van der Waals surface area contributed by atoms with Crippen LogP contribution in [0.3, 0.4) is 0 Å². The Bertz CT molecular complexity index is 945. The maximum Gasteiger partial charge on any atom is 0.330 e. The van der Waals surface area contributed by atoms with Gasteiger partial charge in [-0.05, 0) is 56.7 Å². The number of rotatable bonds is 8. The first-order valence-corrected chi connectivity index (χ1v) is 11.5. The van der Waals surface area contributed by atoms with E-state index in [0.717, 1.165) is 21.1 Å². The Kier molecular flexibility index (Phi) is 8.08. The number of anilines is 2. The van der Waals surface area contributed by atoms with Crippen molar-refractivity contribution in [2.45, 2.75) is 46.6 Å². The number of hydrogen-bond acceptors (Lipinski definition) is 5. The van der Waals surface area contributed by atoms with Gasteiger partial charge in [-0.25, -0.2) is 4.79 Å². The molecule has 1 amide bonds. The summed E-state index contributed by atoms with van der Waals surface area (Å²) in [7, 11) is 0. The number of unbranched alkanes of at least 4 members (excludes halogenated alkanes) is 1. The Morgan fingerprint density at radius 3 is 2.57 bits per heavy atom. The topological polar surface area (TPSA) is 101 Å². The molecule has 0 aliphatic carbocycles. The zero-order valence-electron chi connectivity index (χ0n) is 16.1. The second-order valence-corrected chi connectivity index (χ2v) is 10.1. The van der Waals surface area contributed by atoms with Gasteiger partial charge in [0.15, 0.2) is 5.69 Å². The van der Waals surface area contributed by atoms with Crippen LogP contribution < -0.4 is 21.9 Å². The first-order valence-electron chi connectivity index (χ1n) is 9.06. The van der Waals surface area contributed by atoms with Crippen LogP contribution in [0.4, 0.5) is 11.5 Å². The molecule has 0 radical (unpaired) electrons. The van der Waals surface area contributed by atoms with Crippen molar-refractivity contribution in [1.29, 1.82) is 0 Å². The zero-order valence-corrected chi connectivity index (χ0v) is 20.0. The molecule has 3 N–H and O–H groups in total. The number of nitrogen functional groups attached to an aromatic ring is 1. The smallest absolute Gasteiger partial charge is 0.330 e. The molecule has 2 rings (SSSR count). The minimum Gasteiger partial charge on any atom is -0.383 e. The van der Waals surface area contributed by atoms with E-state index in [2.05, 4.69) is 36.8 Å². The van der Waals surface area contributed by atoms with Gasteiger partial charge in [-0.3, -0.25) is 24.0 Å². The molecule has 0 aromatic carbocycles. The lowest BCUT2D eigenvalue weighted by Crippen LogP contribution is -2.41. The summed E-state index contributed by atoms with van der Waals surface area (Å²) < 4.78 is 2.88. The molecular formula is C18H24Br2N4O3S. The molecule has 154 valence electrons. The Morgan fingerprint density at radius 1 is 1.36 bits per heavy atom. The standard InChI is InChI=1S/C18H24Br2N4O3S/c1-4-5-7-24-15(21)13(16(25)22-18(24)27)23(8-6-10(2)3)17(26)12-9-11(19)14(20)28-12/h9-10H,4-8,21H2,1-3H3,(H,22,25,27). The molecule has 7 nitrogen and oxygen atoms in total. The third kappa shape index (κ3) is 5.15. The summed E-state index contributed by atoms with van der Waals surface area (Å²) in [5, 5.41) is 0. The summed E-state index contributed by atoms with van der Waals surface area (Å²) in [6.45, 7) is 6.78. The number of H-pyrrole nitrogens is 1. The maximum absolute atomic E-state index is 13.2. The van der Waals surface area contributed by atoms with E-state index in [1.165, 1.54) is 20.8 Å². The van der Waals surface area contributed by atoms with Gasteiger partial charge in [0.05, 0.1) is 8.66 Å². The van der Waals surface area contributed by atoms with Crippen molar-refractivity contribution in [2.75, 3.05) is 17.2 Å². The third-order valence-corrected chi connectivity index (χ3v) is 7.49. The lowest BCUT2D eigenvalue weighted by molar-refractivity contribution is 0.0989. The highest BCUT2D eigenvalue weighted by atomic mass is 79.9. The molecule has 2 heterocycles. The number of halogens is 2. The molecule has 0 bridgehead atoms. The van der Waals surface area contributed by atoms with Gasteiger partial charge >= 0.3 is 5.69 Å². The Balaban J connectivity index is 2.58. The molecule has 10 heteroatoms. The van der Waals surface area contributed by atoms with E-state index in [1.54, 1.807) is 6.07 Å². The van der Waals surface area contributed by atoms with Gasteiger partial charge < -0.3 is 5.73 Å². The predicted molar refractivity (Wildman–Crippen MR) is 121 cm³/mol. The number of nitrogens with zero attached hydrogens (tertiary/aromatic N) is 2. The number of nitrogens with one attached hydrogen (secondary N) is 1. The monoisotopic (exact) mass is 534 g/mol. The second-order valence-electron chi connectivity index (χ2n) is 6.87.